The molecule has 0 saturated heterocycles. The average Bonchev–Trinajstić information content (AvgIpc) is 2.54. The van der Waals surface area contributed by atoms with Crippen LogP contribution in [0.15, 0.2) is 24.3 Å². The highest BCUT2D eigenvalue weighted by Gasteiger charge is 2.35. The Morgan fingerprint density at radius 1 is 1.42 bits per heavy atom. The van der Waals surface area contributed by atoms with Gasteiger partial charge in [0.25, 0.3) is 0 Å². The maximum Gasteiger partial charge on any atom is 0.387 e. The molecule has 1 aromatic carbocycles. The Kier molecular flexibility index (Phi) is 6.36. The van der Waals surface area contributed by atoms with E-state index < -0.39 is 12.7 Å². The van der Waals surface area contributed by atoms with Crippen LogP contribution >= 0.6 is 0 Å². The molecule has 0 radical (unpaired) electrons. The molecule has 0 spiro atoms. The van der Waals surface area contributed by atoms with E-state index in [-0.39, 0.29) is 23.7 Å². The molecular formula is C17H24F2N2O3. The zero-order valence-corrected chi connectivity index (χ0v) is 13.7. The molecule has 1 aliphatic carbocycles. The summed E-state index contributed by atoms with van der Waals surface area (Å²) in [4.78, 5) is 11.9. The zero-order valence-electron chi connectivity index (χ0n) is 13.7. The number of aliphatic hydroxyl groups is 1. The van der Waals surface area contributed by atoms with Gasteiger partial charge in [0.05, 0.1) is 6.10 Å². The van der Waals surface area contributed by atoms with Gasteiger partial charge in [0.15, 0.2) is 0 Å². The number of aliphatic hydroxyl groups excluding tert-OH is 1. The molecule has 1 saturated carbocycles. The predicted octanol–water partition coefficient (Wildman–Crippen LogP) is 3.03. The smallest absolute Gasteiger partial charge is 0.387 e. The van der Waals surface area contributed by atoms with Crippen LogP contribution in [-0.4, -0.2) is 30.4 Å². The van der Waals surface area contributed by atoms with Gasteiger partial charge in [-0.3, -0.25) is 0 Å². The molecule has 2 atom stereocenters. The summed E-state index contributed by atoms with van der Waals surface area (Å²) in [6.45, 7) is -0.304. The number of halogens is 2. The lowest BCUT2D eigenvalue weighted by Gasteiger charge is -2.38. The fraction of sp³-hybridized carbons (Fsp3) is 0.588. The standard InChI is InChI=1S/C17H24F2N2O3/c1-17(8-3-2-7-14(17)22)11-21-16(23)20-10-12-5-4-6-13(9-12)24-15(18)19/h4-6,9,14-15,22H,2-3,7-8,10-11H2,1H3,(H2,20,21,23). The normalized spacial score (nSPS) is 23.8. The van der Waals surface area contributed by atoms with Crippen molar-refractivity contribution in [3.05, 3.63) is 29.8 Å². The van der Waals surface area contributed by atoms with E-state index in [1.54, 1.807) is 12.1 Å². The fourth-order valence-electron chi connectivity index (χ4n) is 2.95. The summed E-state index contributed by atoms with van der Waals surface area (Å²) in [5, 5.41) is 15.6. The molecule has 0 heterocycles. The molecule has 24 heavy (non-hydrogen) atoms. The minimum atomic E-state index is -2.88. The minimum absolute atomic E-state index is 0.0579. The van der Waals surface area contributed by atoms with Crippen molar-refractivity contribution < 1.29 is 23.4 Å². The highest BCUT2D eigenvalue weighted by molar-refractivity contribution is 5.73. The van der Waals surface area contributed by atoms with Crippen LogP contribution in [0.1, 0.15) is 38.2 Å². The van der Waals surface area contributed by atoms with Crippen LogP contribution < -0.4 is 15.4 Å². The van der Waals surface area contributed by atoms with E-state index >= 15 is 0 Å². The van der Waals surface area contributed by atoms with Crippen molar-refractivity contribution in [2.45, 2.75) is 51.9 Å². The zero-order chi connectivity index (χ0) is 17.6. The van der Waals surface area contributed by atoms with Crippen LogP contribution in [0.3, 0.4) is 0 Å². The van der Waals surface area contributed by atoms with Crippen LogP contribution in [0.5, 0.6) is 5.75 Å². The summed E-state index contributed by atoms with van der Waals surface area (Å²) in [5.41, 5.74) is 0.355. The number of benzene rings is 1. The Balaban J connectivity index is 1.79. The van der Waals surface area contributed by atoms with Gasteiger partial charge in [0.2, 0.25) is 0 Å². The quantitative estimate of drug-likeness (QED) is 0.744. The lowest BCUT2D eigenvalue weighted by molar-refractivity contribution is -0.0498. The molecule has 3 N–H and O–H groups in total. The second-order valence-corrected chi connectivity index (χ2v) is 6.48. The number of carbonyl (C=O) groups is 1. The Morgan fingerprint density at radius 2 is 2.21 bits per heavy atom. The summed E-state index contributed by atoms with van der Waals surface area (Å²) in [7, 11) is 0. The number of amides is 2. The van der Waals surface area contributed by atoms with E-state index in [1.807, 2.05) is 6.92 Å². The third-order valence-corrected chi connectivity index (χ3v) is 4.51. The van der Waals surface area contributed by atoms with Gasteiger partial charge in [-0.2, -0.15) is 8.78 Å². The van der Waals surface area contributed by atoms with E-state index in [2.05, 4.69) is 15.4 Å². The molecule has 1 aliphatic rings. The molecule has 134 valence electrons. The van der Waals surface area contributed by atoms with E-state index in [9.17, 15) is 18.7 Å². The van der Waals surface area contributed by atoms with Crippen LogP contribution in [0, 0.1) is 5.41 Å². The summed E-state index contributed by atoms with van der Waals surface area (Å²) < 4.78 is 28.7. The van der Waals surface area contributed by atoms with Crippen molar-refractivity contribution in [1.82, 2.24) is 10.6 Å². The van der Waals surface area contributed by atoms with Crippen LogP contribution in [-0.2, 0) is 6.54 Å². The maximum absolute atomic E-state index is 12.2. The molecule has 0 aliphatic heterocycles. The fourth-order valence-corrected chi connectivity index (χ4v) is 2.95. The molecule has 5 nitrogen and oxygen atoms in total. The number of hydrogen-bond donors (Lipinski definition) is 3. The van der Waals surface area contributed by atoms with Gasteiger partial charge in [0.1, 0.15) is 5.75 Å². The topological polar surface area (TPSA) is 70.6 Å². The lowest BCUT2D eigenvalue weighted by atomic mass is 9.73. The molecule has 0 aromatic heterocycles. The maximum atomic E-state index is 12.2. The molecule has 0 bridgehead atoms. The number of carbonyl (C=O) groups excluding carboxylic acids is 1. The molecule has 7 heteroatoms. The van der Waals surface area contributed by atoms with Gasteiger partial charge >= 0.3 is 12.6 Å². The molecule has 2 amide bonds. The molecule has 1 aromatic rings. The third kappa shape index (κ3) is 5.33. The van der Waals surface area contributed by atoms with Crippen LogP contribution in [0.2, 0.25) is 0 Å². The Bertz CT molecular complexity index is 556. The van der Waals surface area contributed by atoms with E-state index in [1.165, 1.54) is 12.1 Å². The molecule has 2 rings (SSSR count). The largest absolute Gasteiger partial charge is 0.435 e. The number of rotatable bonds is 6. The monoisotopic (exact) mass is 342 g/mol. The third-order valence-electron chi connectivity index (χ3n) is 4.51. The van der Waals surface area contributed by atoms with Gasteiger partial charge in [-0.1, -0.05) is 31.9 Å². The van der Waals surface area contributed by atoms with Gasteiger partial charge in [-0.05, 0) is 30.5 Å². The van der Waals surface area contributed by atoms with Crippen molar-refractivity contribution in [1.29, 1.82) is 0 Å². The highest BCUT2D eigenvalue weighted by atomic mass is 19.3. The molecule has 1 fully saturated rings. The first kappa shape index (κ1) is 18.4. The first-order valence-corrected chi connectivity index (χ1v) is 8.12. The molecule has 2 unspecified atom stereocenters. The SMILES string of the molecule is CC1(CNC(=O)NCc2cccc(OC(F)F)c2)CCCCC1O. The number of urea groups is 1. The highest BCUT2D eigenvalue weighted by Crippen LogP contribution is 2.35. The van der Waals surface area contributed by atoms with E-state index in [0.717, 1.165) is 25.7 Å². The van der Waals surface area contributed by atoms with Crippen molar-refractivity contribution in [2.75, 3.05) is 6.54 Å². The van der Waals surface area contributed by atoms with Crippen molar-refractivity contribution in [2.24, 2.45) is 5.41 Å². The second kappa shape index (κ2) is 8.28. The Labute approximate surface area is 140 Å². The number of hydrogen-bond acceptors (Lipinski definition) is 3. The first-order valence-electron chi connectivity index (χ1n) is 8.12. The van der Waals surface area contributed by atoms with Crippen LogP contribution in [0.4, 0.5) is 13.6 Å². The Hall–Kier alpha value is -1.89. The van der Waals surface area contributed by atoms with Gasteiger partial charge in [0, 0.05) is 18.5 Å². The summed E-state index contributed by atoms with van der Waals surface area (Å²) in [6.07, 6.45) is 3.29. The minimum Gasteiger partial charge on any atom is -0.435 e. The molecular weight excluding hydrogens is 318 g/mol. The average molecular weight is 342 g/mol. The van der Waals surface area contributed by atoms with Crippen molar-refractivity contribution >= 4 is 6.03 Å². The van der Waals surface area contributed by atoms with Crippen LogP contribution in [0.25, 0.3) is 0 Å². The first-order chi connectivity index (χ1) is 11.4. The number of nitrogens with one attached hydrogen (secondary N) is 2. The number of alkyl halides is 2. The van der Waals surface area contributed by atoms with Crippen molar-refractivity contribution in [3.8, 4) is 5.75 Å². The summed E-state index contributed by atoms with van der Waals surface area (Å²) in [6, 6.07) is 5.84. The summed E-state index contributed by atoms with van der Waals surface area (Å²) in [5.74, 6) is 0.0579. The number of ether oxygens (including phenoxy) is 1. The lowest BCUT2D eigenvalue weighted by Crippen LogP contribution is -2.47. The van der Waals surface area contributed by atoms with Gasteiger partial charge in [-0.25, -0.2) is 4.79 Å². The predicted molar refractivity (Wildman–Crippen MR) is 85.9 cm³/mol. The van der Waals surface area contributed by atoms with E-state index in [4.69, 9.17) is 0 Å². The second-order valence-electron chi connectivity index (χ2n) is 6.48. The summed E-state index contributed by atoms with van der Waals surface area (Å²) >= 11 is 0. The Morgan fingerprint density at radius 3 is 2.92 bits per heavy atom. The van der Waals surface area contributed by atoms with Gasteiger partial charge in [-0.15, -0.1) is 0 Å². The van der Waals surface area contributed by atoms with Crippen molar-refractivity contribution in [3.63, 3.8) is 0 Å². The van der Waals surface area contributed by atoms with E-state index in [0.29, 0.717) is 12.1 Å². The van der Waals surface area contributed by atoms with Gasteiger partial charge < -0.3 is 20.5 Å².